The fourth-order valence-electron chi connectivity index (χ4n) is 3.09. The molecule has 2 rings (SSSR count). The van der Waals surface area contributed by atoms with Gasteiger partial charge >= 0.3 is 0 Å². The standard InChI is InChI=1S/C13H24N2O2/c1-3-13(17,4-2)9-15-7-5-6-10-11(15)8-14-12(10)16/h10-11,17H,3-9H2,1-2H3,(H,14,16). The second-order valence-electron chi connectivity index (χ2n) is 5.46. The Morgan fingerprint density at radius 2 is 2.18 bits per heavy atom. The summed E-state index contributed by atoms with van der Waals surface area (Å²) in [5.41, 5.74) is -0.590. The topological polar surface area (TPSA) is 52.6 Å². The summed E-state index contributed by atoms with van der Waals surface area (Å²) in [6, 6.07) is 0.306. The van der Waals surface area contributed by atoms with Crippen LogP contribution in [0.25, 0.3) is 0 Å². The minimum absolute atomic E-state index is 0.154. The first-order chi connectivity index (χ1) is 8.09. The van der Waals surface area contributed by atoms with E-state index in [1.807, 2.05) is 13.8 Å². The molecule has 0 aromatic carbocycles. The van der Waals surface area contributed by atoms with E-state index in [4.69, 9.17) is 0 Å². The molecule has 0 spiro atoms. The SMILES string of the molecule is CCC(O)(CC)CN1CCCC2C(=O)NCC21. The summed E-state index contributed by atoms with van der Waals surface area (Å²) in [7, 11) is 0. The van der Waals surface area contributed by atoms with Crippen molar-refractivity contribution < 1.29 is 9.90 Å². The normalized spacial score (nSPS) is 30.2. The lowest BCUT2D eigenvalue weighted by atomic mass is 9.88. The Kier molecular flexibility index (Phi) is 3.73. The fraction of sp³-hybridized carbons (Fsp3) is 0.923. The molecule has 2 fully saturated rings. The molecule has 0 aromatic rings. The number of carbonyl (C=O) groups is 1. The van der Waals surface area contributed by atoms with Crippen molar-refractivity contribution in [3.8, 4) is 0 Å². The van der Waals surface area contributed by atoms with Crippen molar-refractivity contribution in [3.63, 3.8) is 0 Å². The van der Waals surface area contributed by atoms with Gasteiger partial charge in [-0.05, 0) is 32.2 Å². The van der Waals surface area contributed by atoms with Gasteiger partial charge in [0.05, 0.1) is 11.5 Å². The lowest BCUT2D eigenvalue weighted by Crippen LogP contribution is -2.52. The lowest BCUT2D eigenvalue weighted by molar-refractivity contribution is -0.124. The van der Waals surface area contributed by atoms with Crippen LogP contribution in [0.3, 0.4) is 0 Å². The van der Waals surface area contributed by atoms with Crippen LogP contribution in [0.4, 0.5) is 0 Å². The van der Waals surface area contributed by atoms with Gasteiger partial charge in [0.1, 0.15) is 0 Å². The Bertz CT molecular complexity index is 289. The van der Waals surface area contributed by atoms with Crippen molar-refractivity contribution in [1.29, 1.82) is 0 Å². The second kappa shape index (κ2) is 4.94. The molecule has 2 atom stereocenters. The van der Waals surface area contributed by atoms with Crippen LogP contribution in [-0.2, 0) is 4.79 Å². The summed E-state index contributed by atoms with van der Waals surface area (Å²) in [4.78, 5) is 14.0. The highest BCUT2D eigenvalue weighted by Gasteiger charge is 2.42. The van der Waals surface area contributed by atoms with Gasteiger partial charge in [-0.25, -0.2) is 0 Å². The van der Waals surface area contributed by atoms with Gasteiger partial charge in [0.15, 0.2) is 0 Å². The van der Waals surface area contributed by atoms with Crippen molar-refractivity contribution in [2.45, 2.75) is 51.2 Å². The van der Waals surface area contributed by atoms with Crippen LogP contribution in [0.1, 0.15) is 39.5 Å². The van der Waals surface area contributed by atoms with Gasteiger partial charge in [-0.2, -0.15) is 0 Å². The molecule has 0 aromatic heterocycles. The summed E-state index contributed by atoms with van der Waals surface area (Å²) >= 11 is 0. The second-order valence-corrected chi connectivity index (χ2v) is 5.46. The van der Waals surface area contributed by atoms with E-state index in [0.29, 0.717) is 12.6 Å². The first kappa shape index (κ1) is 12.8. The third kappa shape index (κ3) is 2.47. The van der Waals surface area contributed by atoms with Gasteiger partial charge < -0.3 is 10.4 Å². The van der Waals surface area contributed by atoms with E-state index < -0.39 is 5.60 Å². The Morgan fingerprint density at radius 1 is 1.47 bits per heavy atom. The zero-order valence-electron chi connectivity index (χ0n) is 10.9. The van der Waals surface area contributed by atoms with Crippen LogP contribution < -0.4 is 5.32 Å². The highest BCUT2D eigenvalue weighted by molar-refractivity contribution is 5.82. The van der Waals surface area contributed by atoms with E-state index in [-0.39, 0.29) is 11.8 Å². The highest BCUT2D eigenvalue weighted by Crippen LogP contribution is 2.29. The first-order valence-electron chi connectivity index (χ1n) is 6.84. The Hall–Kier alpha value is -0.610. The molecule has 0 bridgehead atoms. The molecule has 2 aliphatic rings. The summed E-state index contributed by atoms with van der Waals surface area (Å²) in [5, 5.41) is 13.4. The zero-order valence-corrected chi connectivity index (χ0v) is 10.9. The molecule has 2 heterocycles. The van der Waals surface area contributed by atoms with Crippen LogP contribution in [-0.4, -0.2) is 47.2 Å². The summed E-state index contributed by atoms with van der Waals surface area (Å²) in [6.07, 6.45) is 3.62. The third-order valence-electron chi connectivity index (χ3n) is 4.53. The average Bonchev–Trinajstić information content (AvgIpc) is 2.72. The van der Waals surface area contributed by atoms with Crippen molar-refractivity contribution in [1.82, 2.24) is 10.2 Å². The number of β-amino-alcohol motifs (C(OH)–C–C–N with tert-alkyl or cyclic N) is 1. The number of hydrogen-bond donors (Lipinski definition) is 2. The first-order valence-corrected chi connectivity index (χ1v) is 6.84. The molecule has 0 radical (unpaired) electrons. The van der Waals surface area contributed by atoms with Crippen LogP contribution in [0, 0.1) is 5.92 Å². The molecule has 98 valence electrons. The van der Waals surface area contributed by atoms with Gasteiger partial charge in [-0.1, -0.05) is 13.8 Å². The maximum atomic E-state index is 11.7. The quantitative estimate of drug-likeness (QED) is 0.762. The van der Waals surface area contributed by atoms with E-state index in [1.165, 1.54) is 0 Å². The minimum atomic E-state index is -0.590. The van der Waals surface area contributed by atoms with Gasteiger partial charge in [0.2, 0.25) is 5.91 Å². The molecule has 4 nitrogen and oxygen atoms in total. The largest absolute Gasteiger partial charge is 0.389 e. The number of amides is 1. The van der Waals surface area contributed by atoms with Crippen molar-refractivity contribution in [2.24, 2.45) is 5.92 Å². The number of aliphatic hydroxyl groups is 1. The van der Waals surface area contributed by atoms with Crippen molar-refractivity contribution >= 4 is 5.91 Å². The molecule has 0 aliphatic carbocycles. The number of nitrogens with one attached hydrogen (secondary N) is 1. The zero-order chi connectivity index (χ0) is 12.5. The summed E-state index contributed by atoms with van der Waals surface area (Å²) < 4.78 is 0. The maximum absolute atomic E-state index is 11.7. The van der Waals surface area contributed by atoms with E-state index >= 15 is 0 Å². The summed E-state index contributed by atoms with van der Waals surface area (Å²) in [6.45, 7) is 6.54. The van der Waals surface area contributed by atoms with Gasteiger partial charge in [0, 0.05) is 19.1 Å². The van der Waals surface area contributed by atoms with E-state index in [9.17, 15) is 9.90 Å². The van der Waals surface area contributed by atoms with Crippen LogP contribution in [0.5, 0.6) is 0 Å². The predicted octanol–water partition coefficient (Wildman–Crippen LogP) is 0.748. The number of fused-ring (bicyclic) bond motifs is 1. The van der Waals surface area contributed by atoms with Gasteiger partial charge in [-0.3, -0.25) is 9.69 Å². The van der Waals surface area contributed by atoms with Crippen LogP contribution in [0.2, 0.25) is 0 Å². The third-order valence-corrected chi connectivity index (χ3v) is 4.53. The average molecular weight is 240 g/mol. The molecule has 2 saturated heterocycles. The highest BCUT2D eigenvalue weighted by atomic mass is 16.3. The Labute approximate surface area is 103 Å². The lowest BCUT2D eigenvalue weighted by Gasteiger charge is -2.40. The number of nitrogens with zero attached hydrogens (tertiary/aromatic N) is 1. The van der Waals surface area contributed by atoms with Crippen LogP contribution in [0.15, 0.2) is 0 Å². The van der Waals surface area contributed by atoms with E-state index in [2.05, 4.69) is 10.2 Å². The van der Waals surface area contributed by atoms with Gasteiger partial charge in [0.25, 0.3) is 0 Å². The number of rotatable bonds is 4. The van der Waals surface area contributed by atoms with Crippen LogP contribution >= 0.6 is 0 Å². The summed E-state index contributed by atoms with van der Waals surface area (Å²) in [5.74, 6) is 0.359. The Balaban J connectivity index is 2.03. The number of piperidine rings is 1. The molecule has 2 aliphatic heterocycles. The van der Waals surface area contributed by atoms with E-state index in [0.717, 1.165) is 38.8 Å². The molecule has 2 unspecified atom stereocenters. The van der Waals surface area contributed by atoms with E-state index in [1.54, 1.807) is 0 Å². The molecule has 17 heavy (non-hydrogen) atoms. The monoisotopic (exact) mass is 240 g/mol. The Morgan fingerprint density at radius 3 is 2.82 bits per heavy atom. The minimum Gasteiger partial charge on any atom is -0.389 e. The molecule has 2 N–H and O–H groups in total. The van der Waals surface area contributed by atoms with Crippen molar-refractivity contribution in [2.75, 3.05) is 19.6 Å². The van der Waals surface area contributed by atoms with Gasteiger partial charge in [-0.15, -0.1) is 0 Å². The maximum Gasteiger partial charge on any atom is 0.224 e. The molecular formula is C13H24N2O2. The number of hydrogen-bond acceptors (Lipinski definition) is 3. The smallest absolute Gasteiger partial charge is 0.224 e. The molecule has 4 heteroatoms. The number of carbonyl (C=O) groups excluding carboxylic acids is 1. The number of likely N-dealkylation sites (tertiary alicyclic amines) is 1. The predicted molar refractivity (Wildman–Crippen MR) is 66.6 cm³/mol. The molecule has 0 saturated carbocycles. The molecular weight excluding hydrogens is 216 g/mol. The van der Waals surface area contributed by atoms with Crippen molar-refractivity contribution in [3.05, 3.63) is 0 Å². The molecule has 1 amide bonds. The fourth-order valence-corrected chi connectivity index (χ4v) is 3.09.